The highest BCUT2D eigenvalue weighted by atomic mass is 16.5. The van der Waals surface area contributed by atoms with Gasteiger partial charge in [0, 0.05) is 13.6 Å². The van der Waals surface area contributed by atoms with Crippen LogP contribution in [-0.4, -0.2) is 43.2 Å². The fourth-order valence-corrected chi connectivity index (χ4v) is 1.25. The van der Waals surface area contributed by atoms with Crippen molar-refractivity contribution in [2.75, 3.05) is 20.2 Å². The van der Waals surface area contributed by atoms with Gasteiger partial charge in [0.1, 0.15) is 0 Å². The lowest BCUT2D eigenvalue weighted by Gasteiger charge is -2.21. The third-order valence-corrected chi connectivity index (χ3v) is 2.17. The number of hydrogen-bond donors (Lipinski definition) is 1. The summed E-state index contributed by atoms with van der Waals surface area (Å²) in [7, 11) is 1.77. The number of hydrogen-bond acceptors (Lipinski definition) is 3. The summed E-state index contributed by atoms with van der Waals surface area (Å²) in [5, 5.41) is 0. The monoisotopic (exact) mass is 216 g/mol. The summed E-state index contributed by atoms with van der Waals surface area (Å²) >= 11 is 0. The Labute approximate surface area is 92.8 Å². The first-order valence-electron chi connectivity index (χ1n) is 5.61. The molecule has 15 heavy (non-hydrogen) atoms. The van der Waals surface area contributed by atoms with Crippen LogP contribution in [0.2, 0.25) is 0 Å². The van der Waals surface area contributed by atoms with E-state index in [-0.39, 0.29) is 18.1 Å². The molecule has 0 fully saturated rings. The van der Waals surface area contributed by atoms with Crippen molar-refractivity contribution in [1.29, 1.82) is 0 Å². The molecule has 2 N–H and O–H groups in total. The molecular weight excluding hydrogens is 192 g/mol. The molecule has 0 aliphatic rings. The molecule has 0 saturated carbocycles. The average molecular weight is 216 g/mol. The lowest BCUT2D eigenvalue weighted by atomic mass is 10.1. The van der Waals surface area contributed by atoms with Gasteiger partial charge in [-0.2, -0.15) is 0 Å². The summed E-state index contributed by atoms with van der Waals surface area (Å²) in [4.78, 5) is 13.3. The van der Waals surface area contributed by atoms with Crippen LogP contribution in [0.15, 0.2) is 0 Å². The van der Waals surface area contributed by atoms with Gasteiger partial charge < -0.3 is 15.4 Å². The van der Waals surface area contributed by atoms with Crippen molar-refractivity contribution in [2.45, 2.75) is 45.8 Å². The number of ether oxygens (including phenoxy) is 1. The molecule has 0 saturated heterocycles. The molecule has 0 aliphatic carbocycles. The summed E-state index contributed by atoms with van der Waals surface area (Å²) in [6.07, 6.45) is 1.88. The molecule has 0 rings (SSSR count). The van der Waals surface area contributed by atoms with Crippen molar-refractivity contribution in [3.63, 3.8) is 0 Å². The molecular formula is C11H24N2O2. The van der Waals surface area contributed by atoms with E-state index in [0.29, 0.717) is 13.2 Å². The zero-order chi connectivity index (χ0) is 11.8. The topological polar surface area (TPSA) is 55.6 Å². The predicted octanol–water partition coefficient (Wildman–Crippen LogP) is 0.997. The van der Waals surface area contributed by atoms with Gasteiger partial charge in [0.25, 0.3) is 0 Å². The minimum Gasteiger partial charge on any atom is -0.377 e. The van der Waals surface area contributed by atoms with Gasteiger partial charge in [0.15, 0.2) is 0 Å². The van der Waals surface area contributed by atoms with E-state index in [2.05, 4.69) is 0 Å². The fourth-order valence-electron chi connectivity index (χ4n) is 1.25. The molecule has 1 amide bonds. The SMILES string of the molecule is CCC[C@@H](N)C(=O)N(C)CCOC(C)C. The van der Waals surface area contributed by atoms with Crippen molar-refractivity contribution >= 4 is 5.91 Å². The quantitative estimate of drug-likeness (QED) is 0.690. The zero-order valence-corrected chi connectivity index (χ0v) is 10.3. The molecule has 0 aromatic rings. The first kappa shape index (κ1) is 14.4. The van der Waals surface area contributed by atoms with Crippen molar-refractivity contribution in [1.82, 2.24) is 4.90 Å². The second kappa shape index (κ2) is 7.65. The van der Waals surface area contributed by atoms with Crippen molar-refractivity contribution < 1.29 is 9.53 Å². The van der Waals surface area contributed by atoms with Gasteiger partial charge in [-0.25, -0.2) is 0 Å². The van der Waals surface area contributed by atoms with E-state index in [1.807, 2.05) is 20.8 Å². The zero-order valence-electron chi connectivity index (χ0n) is 10.3. The summed E-state index contributed by atoms with van der Waals surface area (Å²) < 4.78 is 5.37. The Morgan fingerprint density at radius 2 is 2.07 bits per heavy atom. The van der Waals surface area contributed by atoms with Gasteiger partial charge in [-0.1, -0.05) is 13.3 Å². The number of nitrogens with two attached hydrogens (primary N) is 1. The molecule has 0 radical (unpaired) electrons. The largest absolute Gasteiger partial charge is 0.377 e. The van der Waals surface area contributed by atoms with Crippen LogP contribution in [0, 0.1) is 0 Å². The number of carbonyl (C=O) groups excluding carboxylic acids is 1. The molecule has 1 atom stereocenters. The fraction of sp³-hybridized carbons (Fsp3) is 0.909. The first-order chi connectivity index (χ1) is 6.99. The summed E-state index contributed by atoms with van der Waals surface area (Å²) in [5.74, 6) is 0.00389. The molecule has 4 nitrogen and oxygen atoms in total. The Balaban J connectivity index is 3.78. The second-order valence-corrected chi connectivity index (χ2v) is 4.07. The van der Waals surface area contributed by atoms with E-state index in [4.69, 9.17) is 10.5 Å². The van der Waals surface area contributed by atoms with E-state index in [1.165, 1.54) is 0 Å². The van der Waals surface area contributed by atoms with Gasteiger partial charge in [-0.15, -0.1) is 0 Å². The standard InChI is InChI=1S/C11H24N2O2/c1-5-6-10(12)11(14)13(4)7-8-15-9(2)3/h9-10H,5-8,12H2,1-4H3/t10-/m1/s1. The summed E-state index contributed by atoms with van der Waals surface area (Å²) in [6.45, 7) is 7.15. The first-order valence-corrected chi connectivity index (χ1v) is 5.61. The van der Waals surface area contributed by atoms with Crippen LogP contribution in [0.1, 0.15) is 33.6 Å². The number of likely N-dealkylation sites (N-methyl/N-ethyl adjacent to an activating group) is 1. The molecule has 4 heteroatoms. The highest BCUT2D eigenvalue weighted by Crippen LogP contribution is 1.98. The number of amides is 1. The minimum atomic E-state index is -0.362. The summed E-state index contributed by atoms with van der Waals surface area (Å²) in [6, 6.07) is -0.362. The lowest BCUT2D eigenvalue weighted by Crippen LogP contribution is -2.43. The van der Waals surface area contributed by atoms with Gasteiger partial charge in [-0.05, 0) is 20.3 Å². The Bertz CT molecular complexity index is 183. The van der Waals surface area contributed by atoms with E-state index in [1.54, 1.807) is 11.9 Å². The van der Waals surface area contributed by atoms with Gasteiger partial charge in [-0.3, -0.25) is 4.79 Å². The van der Waals surface area contributed by atoms with E-state index >= 15 is 0 Å². The number of carbonyl (C=O) groups is 1. The van der Waals surface area contributed by atoms with Crippen LogP contribution < -0.4 is 5.73 Å². The van der Waals surface area contributed by atoms with Crippen LogP contribution in [0.25, 0.3) is 0 Å². The maximum atomic E-state index is 11.7. The maximum absolute atomic E-state index is 11.7. The van der Waals surface area contributed by atoms with Crippen LogP contribution in [0.4, 0.5) is 0 Å². The van der Waals surface area contributed by atoms with Crippen molar-refractivity contribution in [2.24, 2.45) is 5.73 Å². The smallest absolute Gasteiger partial charge is 0.239 e. The highest BCUT2D eigenvalue weighted by molar-refractivity contribution is 5.81. The average Bonchev–Trinajstić information content (AvgIpc) is 2.16. The van der Waals surface area contributed by atoms with E-state index < -0.39 is 0 Å². The Hall–Kier alpha value is -0.610. The highest BCUT2D eigenvalue weighted by Gasteiger charge is 2.16. The van der Waals surface area contributed by atoms with Gasteiger partial charge in [0.2, 0.25) is 5.91 Å². The minimum absolute atomic E-state index is 0.00389. The van der Waals surface area contributed by atoms with Gasteiger partial charge in [0.05, 0.1) is 18.8 Å². The lowest BCUT2D eigenvalue weighted by molar-refractivity contribution is -0.132. The third-order valence-electron chi connectivity index (χ3n) is 2.17. The molecule has 0 aromatic carbocycles. The Kier molecular flexibility index (Phi) is 7.34. The molecule has 90 valence electrons. The third kappa shape index (κ3) is 6.47. The Morgan fingerprint density at radius 3 is 2.53 bits per heavy atom. The van der Waals surface area contributed by atoms with Crippen LogP contribution in [-0.2, 0) is 9.53 Å². The molecule has 0 heterocycles. The summed E-state index contributed by atoms with van der Waals surface area (Å²) in [5.41, 5.74) is 5.73. The number of rotatable bonds is 7. The Morgan fingerprint density at radius 1 is 1.47 bits per heavy atom. The predicted molar refractivity (Wildman–Crippen MR) is 61.6 cm³/mol. The van der Waals surface area contributed by atoms with Crippen LogP contribution in [0.5, 0.6) is 0 Å². The van der Waals surface area contributed by atoms with E-state index in [0.717, 1.165) is 12.8 Å². The maximum Gasteiger partial charge on any atom is 0.239 e. The molecule has 0 unspecified atom stereocenters. The molecule has 0 bridgehead atoms. The second-order valence-electron chi connectivity index (χ2n) is 4.07. The molecule has 0 aliphatic heterocycles. The van der Waals surface area contributed by atoms with E-state index in [9.17, 15) is 4.79 Å². The van der Waals surface area contributed by atoms with Crippen molar-refractivity contribution in [3.8, 4) is 0 Å². The molecule has 0 aromatic heterocycles. The molecule has 0 spiro atoms. The normalized spacial score (nSPS) is 12.9. The van der Waals surface area contributed by atoms with Crippen LogP contribution >= 0.6 is 0 Å². The van der Waals surface area contributed by atoms with Gasteiger partial charge >= 0.3 is 0 Å². The number of nitrogens with zero attached hydrogens (tertiary/aromatic N) is 1. The van der Waals surface area contributed by atoms with Crippen LogP contribution in [0.3, 0.4) is 0 Å². The van der Waals surface area contributed by atoms with Crippen molar-refractivity contribution in [3.05, 3.63) is 0 Å².